The second kappa shape index (κ2) is 6.56. The van der Waals surface area contributed by atoms with E-state index in [1.807, 2.05) is 0 Å². The molecule has 0 heterocycles. The van der Waals surface area contributed by atoms with Crippen LogP contribution in [0.2, 0.25) is 0 Å². The number of alkyl halides is 13. The molecule has 134 valence electrons. The van der Waals surface area contributed by atoms with E-state index >= 15 is 0 Å². The fraction of sp³-hybridized carbons (Fsp3) is 1.00. The highest BCUT2D eigenvalue weighted by Crippen LogP contribution is 2.37. The lowest BCUT2D eigenvalue weighted by Crippen LogP contribution is -2.54. The molecule has 0 aliphatic heterocycles. The summed E-state index contributed by atoms with van der Waals surface area (Å²) in [6.45, 7) is -2.42. The topological polar surface area (TPSA) is 15.7 Å². The van der Waals surface area contributed by atoms with Crippen molar-refractivity contribution in [3.8, 4) is 0 Å². The molecule has 0 spiro atoms. The fourth-order valence-electron chi connectivity index (χ4n) is 0.905. The van der Waals surface area contributed by atoms with E-state index < -0.39 is 46.7 Å². The first kappa shape index (κ1) is 21.5. The maximum absolute atomic E-state index is 12.1. The Kier molecular flexibility index (Phi) is 6.42. The van der Waals surface area contributed by atoms with E-state index in [-0.39, 0.29) is 0 Å². The van der Waals surface area contributed by atoms with E-state index in [0.717, 1.165) is 0 Å². The molecule has 0 fully saturated rings. The first-order valence-electron chi connectivity index (χ1n) is 4.52. The van der Waals surface area contributed by atoms with Gasteiger partial charge in [-0.25, -0.2) is 0 Å². The number of nitrogens with zero attached hydrogens (tertiary/aromatic N) is 2. The Bertz CT molecular complexity index is 297. The van der Waals surface area contributed by atoms with Crippen molar-refractivity contribution < 1.29 is 57.5 Å². The van der Waals surface area contributed by atoms with Gasteiger partial charge in [0.05, 0.1) is 6.54 Å². The molecule has 1 unspecified atom stereocenters. The van der Waals surface area contributed by atoms with Gasteiger partial charge in [-0.05, 0) is 0 Å². The van der Waals surface area contributed by atoms with Gasteiger partial charge in [0.1, 0.15) is 5.01 Å². The molecule has 0 N–H and O–H groups in total. The number of rotatable bonds is 4. The van der Waals surface area contributed by atoms with Crippen LogP contribution in [-0.2, 0) is 4.84 Å². The summed E-state index contributed by atoms with van der Waals surface area (Å²) in [7, 11) is 0. The van der Waals surface area contributed by atoms with Crippen LogP contribution < -0.4 is 0 Å². The summed E-state index contributed by atoms with van der Waals surface area (Å²) in [5.74, 6) is 0. The summed E-state index contributed by atoms with van der Waals surface area (Å²) >= 11 is 1.74. The highest BCUT2D eigenvalue weighted by molar-refractivity contribution is 9.09. The van der Waals surface area contributed by atoms with E-state index in [2.05, 4.69) is 4.84 Å². The molecule has 3 nitrogen and oxygen atoms in total. The summed E-state index contributed by atoms with van der Waals surface area (Å²) in [6, 6.07) is 0. The van der Waals surface area contributed by atoms with Crippen LogP contribution in [0.1, 0.15) is 0 Å². The maximum Gasteiger partial charge on any atom is 0.490 e. The summed E-state index contributed by atoms with van der Waals surface area (Å²) in [5.41, 5.74) is 0. The van der Waals surface area contributed by atoms with Crippen molar-refractivity contribution in [2.45, 2.75) is 30.2 Å². The average molecular weight is 427 g/mol. The van der Waals surface area contributed by atoms with Crippen LogP contribution >= 0.6 is 15.9 Å². The minimum atomic E-state index is -6.24. The largest absolute Gasteiger partial charge is 0.490 e. The smallest absolute Gasteiger partial charge is 0.268 e. The van der Waals surface area contributed by atoms with Gasteiger partial charge in [-0.3, -0.25) is 4.84 Å². The summed E-state index contributed by atoms with van der Waals surface area (Å²) in [6.07, 6.45) is -24.7. The predicted molar refractivity (Wildman–Crippen MR) is 46.6 cm³/mol. The van der Waals surface area contributed by atoms with Gasteiger partial charge in [-0.2, -0.15) is 52.7 Å². The Balaban J connectivity index is 5.15. The molecule has 0 rings (SSSR count). The van der Waals surface area contributed by atoms with Crippen LogP contribution in [0.15, 0.2) is 0 Å². The van der Waals surface area contributed by atoms with Gasteiger partial charge in [0.2, 0.25) is 0 Å². The Hall–Kier alpha value is -0.480. The number of hydroxylamine groups is 2. The SMILES string of the molecule is FC(F)(F)N(CC(Br)ON(C(F)(F)F)C(F)(F)F)C(F)(F)F. The lowest BCUT2D eigenvalue weighted by atomic mass is 10.6. The van der Waals surface area contributed by atoms with Crippen LogP contribution in [-0.4, -0.2) is 46.7 Å². The molecule has 0 aromatic heterocycles. The second-order valence-electron chi connectivity index (χ2n) is 3.29. The van der Waals surface area contributed by atoms with Crippen molar-refractivity contribution in [1.82, 2.24) is 9.96 Å². The standard InChI is InChI=1S/C6H3BrF12N2O/c7-2(1-20(3(8,9)10)4(11,12)13)22-21(5(14,15)16)6(17,18)19/h2H,1H2. The third-order valence-electron chi connectivity index (χ3n) is 1.62. The molecule has 0 amide bonds. The van der Waals surface area contributed by atoms with Crippen molar-refractivity contribution in [1.29, 1.82) is 0 Å². The van der Waals surface area contributed by atoms with Crippen LogP contribution in [0.3, 0.4) is 0 Å². The molecule has 0 bridgehead atoms. The number of hydrogen-bond acceptors (Lipinski definition) is 3. The van der Waals surface area contributed by atoms with Gasteiger partial charge in [-0.15, -0.1) is 4.90 Å². The summed E-state index contributed by atoms with van der Waals surface area (Å²) in [4.78, 5) is 0.799. The molecule has 22 heavy (non-hydrogen) atoms. The molecule has 0 saturated heterocycles. The molecule has 0 saturated carbocycles. The molecule has 1 atom stereocenters. The number of halogens is 13. The van der Waals surface area contributed by atoms with E-state index in [4.69, 9.17) is 0 Å². The first-order valence-corrected chi connectivity index (χ1v) is 5.44. The van der Waals surface area contributed by atoms with Crippen molar-refractivity contribution in [2.24, 2.45) is 0 Å². The minimum absolute atomic E-state index is 1.74. The van der Waals surface area contributed by atoms with Crippen molar-refractivity contribution in [3.63, 3.8) is 0 Å². The van der Waals surface area contributed by atoms with Gasteiger partial charge in [0.25, 0.3) is 0 Å². The average Bonchev–Trinajstić information content (AvgIpc) is 2.15. The Labute approximate surface area is 121 Å². The summed E-state index contributed by atoms with van der Waals surface area (Å²) < 4.78 is 144. The van der Waals surface area contributed by atoms with Gasteiger partial charge in [0.15, 0.2) is 0 Å². The van der Waals surface area contributed by atoms with E-state index in [1.165, 1.54) is 0 Å². The quantitative estimate of drug-likeness (QED) is 0.288. The van der Waals surface area contributed by atoms with Crippen LogP contribution in [0, 0.1) is 0 Å². The lowest BCUT2D eigenvalue weighted by molar-refractivity contribution is -0.487. The van der Waals surface area contributed by atoms with Crippen LogP contribution in [0.4, 0.5) is 52.7 Å². The van der Waals surface area contributed by atoms with Crippen molar-refractivity contribution in [3.05, 3.63) is 0 Å². The van der Waals surface area contributed by atoms with E-state index in [9.17, 15) is 52.7 Å². The predicted octanol–water partition coefficient (Wildman–Crippen LogP) is 4.32. The zero-order chi connectivity index (χ0) is 18.1. The highest BCUT2D eigenvalue weighted by atomic mass is 79.9. The van der Waals surface area contributed by atoms with Crippen LogP contribution in [0.5, 0.6) is 0 Å². The normalized spacial score (nSPS) is 16.5. The third-order valence-corrected chi connectivity index (χ3v) is 2.08. The zero-order valence-electron chi connectivity index (χ0n) is 9.50. The molecule has 0 aliphatic rings. The third kappa shape index (κ3) is 6.74. The molecule has 0 aromatic rings. The molecular formula is C6H3BrF12N2O. The Morgan fingerprint density at radius 3 is 1.23 bits per heavy atom. The van der Waals surface area contributed by atoms with E-state index in [0.29, 0.717) is 0 Å². The highest BCUT2D eigenvalue weighted by Gasteiger charge is 2.58. The zero-order valence-corrected chi connectivity index (χ0v) is 11.1. The molecule has 0 aromatic carbocycles. The fourth-order valence-corrected chi connectivity index (χ4v) is 1.36. The van der Waals surface area contributed by atoms with Gasteiger partial charge >= 0.3 is 25.2 Å². The Morgan fingerprint density at radius 2 is 1.00 bits per heavy atom. The number of hydrogen-bond donors (Lipinski definition) is 0. The minimum Gasteiger partial charge on any atom is -0.268 e. The first-order chi connectivity index (χ1) is 9.37. The van der Waals surface area contributed by atoms with Gasteiger partial charge < -0.3 is 0 Å². The molecule has 0 radical (unpaired) electrons. The maximum atomic E-state index is 12.1. The Morgan fingerprint density at radius 1 is 0.682 bits per heavy atom. The van der Waals surface area contributed by atoms with Crippen molar-refractivity contribution >= 4 is 15.9 Å². The lowest BCUT2D eigenvalue weighted by Gasteiger charge is -2.31. The van der Waals surface area contributed by atoms with Crippen LogP contribution in [0.25, 0.3) is 0 Å². The summed E-state index contributed by atoms with van der Waals surface area (Å²) in [5, 5.41) is -5.57. The second-order valence-corrected chi connectivity index (χ2v) is 4.31. The molecule has 0 aliphatic carbocycles. The molecular weight excluding hydrogens is 424 g/mol. The van der Waals surface area contributed by atoms with Gasteiger partial charge in [-0.1, -0.05) is 15.9 Å². The van der Waals surface area contributed by atoms with E-state index in [1.54, 1.807) is 15.9 Å². The molecule has 16 heteroatoms. The van der Waals surface area contributed by atoms with Crippen molar-refractivity contribution in [2.75, 3.05) is 6.54 Å². The van der Waals surface area contributed by atoms with Gasteiger partial charge in [0, 0.05) is 5.06 Å². The monoisotopic (exact) mass is 426 g/mol.